The first-order valence-electron chi connectivity index (χ1n) is 8.35. The molecule has 1 fully saturated rings. The van der Waals surface area contributed by atoms with Crippen LogP contribution in [-0.2, 0) is 0 Å². The van der Waals surface area contributed by atoms with Crippen LogP contribution in [0.3, 0.4) is 0 Å². The summed E-state index contributed by atoms with van der Waals surface area (Å²) in [5.74, 6) is 0.607. The Morgan fingerprint density at radius 3 is 2.89 bits per heavy atom. The highest BCUT2D eigenvalue weighted by Gasteiger charge is 2.22. The summed E-state index contributed by atoms with van der Waals surface area (Å²) in [6.45, 7) is 6.04. The molecule has 1 heterocycles. The number of piperidine rings is 1. The van der Waals surface area contributed by atoms with Crippen LogP contribution in [0.4, 0.5) is 5.69 Å². The molecule has 0 spiro atoms. The monoisotopic (exact) mass is 265 g/mol. The number of hydrogen-bond acceptors (Lipinski definition) is 3. The maximum absolute atomic E-state index is 8.23. The third kappa shape index (κ3) is 3.41. The Kier molecular flexibility index (Phi) is 3.24. The molecule has 2 rings (SSSR count). The van der Waals surface area contributed by atoms with Gasteiger partial charge in [-0.05, 0) is 76.2 Å². The summed E-state index contributed by atoms with van der Waals surface area (Å²) < 4.78 is 30.0. The smallest absolute Gasteiger partial charge is 0.142 e. The summed E-state index contributed by atoms with van der Waals surface area (Å²) in [5, 5.41) is 2.75. The zero-order chi connectivity index (χ0) is 16.7. The topological polar surface area (TPSA) is 47.3 Å². The molecule has 2 unspecified atom stereocenters. The van der Waals surface area contributed by atoms with Crippen molar-refractivity contribution in [1.82, 2.24) is 5.32 Å². The fourth-order valence-electron chi connectivity index (χ4n) is 2.56. The van der Waals surface area contributed by atoms with Gasteiger partial charge in [0.05, 0.1) is 11.8 Å². The number of aryl methyl sites for hydroxylation is 1. The number of benzene rings is 1. The number of nitrogen functional groups attached to an aromatic ring is 1. The van der Waals surface area contributed by atoms with Gasteiger partial charge < -0.3 is 15.8 Å². The van der Waals surface area contributed by atoms with E-state index in [0.717, 1.165) is 11.1 Å². The first-order valence-corrected chi connectivity index (χ1v) is 6.85. The molecule has 1 aliphatic rings. The van der Waals surface area contributed by atoms with E-state index in [1.165, 1.54) is 0 Å². The Morgan fingerprint density at radius 1 is 1.53 bits per heavy atom. The van der Waals surface area contributed by atoms with Crippen LogP contribution in [-0.4, -0.2) is 18.6 Å². The third-order valence-electron chi connectivity index (χ3n) is 3.40. The largest absolute Gasteiger partial charge is 0.489 e. The van der Waals surface area contributed by atoms with Crippen LogP contribution in [0.1, 0.15) is 54.8 Å². The Labute approximate surface area is 120 Å². The molecule has 3 N–H and O–H groups in total. The Bertz CT molecular complexity index is 543. The van der Waals surface area contributed by atoms with E-state index in [4.69, 9.17) is 14.6 Å². The molecule has 1 aromatic carbocycles. The summed E-state index contributed by atoms with van der Waals surface area (Å²) in [6, 6.07) is 2.82. The minimum absolute atomic E-state index is 0.0266. The van der Waals surface area contributed by atoms with E-state index in [1.54, 1.807) is 6.92 Å². The van der Waals surface area contributed by atoms with E-state index >= 15 is 0 Å². The van der Waals surface area contributed by atoms with E-state index in [9.17, 15) is 0 Å². The lowest BCUT2D eigenvalue weighted by Gasteiger charge is -2.30. The maximum Gasteiger partial charge on any atom is 0.142 e. The van der Waals surface area contributed by atoms with Gasteiger partial charge >= 0.3 is 0 Å². The average molecular weight is 265 g/mol. The fourth-order valence-corrected chi connectivity index (χ4v) is 2.56. The van der Waals surface area contributed by atoms with E-state index in [1.807, 2.05) is 32.9 Å². The Morgan fingerprint density at radius 2 is 2.26 bits per heavy atom. The van der Waals surface area contributed by atoms with Gasteiger partial charge in [0.25, 0.3) is 0 Å². The minimum Gasteiger partial charge on any atom is -0.489 e. The van der Waals surface area contributed by atoms with Crippen molar-refractivity contribution in [2.45, 2.75) is 58.6 Å². The number of ether oxygens (including phenoxy) is 1. The van der Waals surface area contributed by atoms with Crippen molar-refractivity contribution in [1.29, 1.82) is 0 Å². The molecular weight excluding hydrogens is 236 g/mol. The minimum atomic E-state index is -1.55. The van der Waals surface area contributed by atoms with Crippen LogP contribution in [0.25, 0.3) is 0 Å². The molecular formula is C16H26N2O. The number of anilines is 1. The normalized spacial score (nSPS) is 32.5. The molecule has 0 aromatic heterocycles. The van der Waals surface area contributed by atoms with Crippen LogP contribution in [0, 0.1) is 6.92 Å². The van der Waals surface area contributed by atoms with Gasteiger partial charge in [0.2, 0.25) is 0 Å². The second-order valence-electron chi connectivity index (χ2n) is 5.60. The number of hydrogen-bond donors (Lipinski definition) is 2. The fraction of sp³-hybridized carbons (Fsp3) is 0.625. The van der Waals surface area contributed by atoms with Gasteiger partial charge in [-0.1, -0.05) is 0 Å². The molecule has 106 valence electrons. The molecule has 0 aliphatic carbocycles. The molecule has 0 radical (unpaired) electrons. The van der Waals surface area contributed by atoms with Gasteiger partial charge in [0, 0.05) is 10.1 Å². The summed E-state index contributed by atoms with van der Waals surface area (Å²) >= 11 is 0. The lowest BCUT2D eigenvalue weighted by atomic mass is 9.84. The molecule has 0 amide bonds. The third-order valence-corrected chi connectivity index (χ3v) is 3.40. The lowest BCUT2D eigenvalue weighted by Crippen LogP contribution is -2.35. The van der Waals surface area contributed by atoms with Crippen molar-refractivity contribution in [2.24, 2.45) is 0 Å². The average Bonchev–Trinajstić information content (AvgIpc) is 2.27. The van der Waals surface area contributed by atoms with Crippen LogP contribution in [0.5, 0.6) is 5.75 Å². The highest BCUT2D eigenvalue weighted by molar-refractivity contribution is 5.57. The quantitative estimate of drug-likeness (QED) is 0.825. The number of nitrogens with one attached hydrogen (secondary N) is 1. The zero-order valence-corrected chi connectivity index (χ0v) is 12.2. The molecule has 1 aromatic rings. The SMILES string of the molecule is [2H]C1([2H])CC(c2cc(OC(C)C)c(N)cc2C)CC([2H])(C)N1. The second kappa shape index (κ2) is 5.83. The van der Waals surface area contributed by atoms with Gasteiger partial charge in [0.1, 0.15) is 5.75 Å². The molecule has 2 atom stereocenters. The van der Waals surface area contributed by atoms with Crippen molar-refractivity contribution in [3.05, 3.63) is 23.3 Å². The molecule has 0 bridgehead atoms. The van der Waals surface area contributed by atoms with Crippen molar-refractivity contribution < 1.29 is 8.85 Å². The van der Waals surface area contributed by atoms with Crippen molar-refractivity contribution in [2.75, 3.05) is 12.2 Å². The van der Waals surface area contributed by atoms with E-state index in [-0.39, 0.29) is 12.0 Å². The van der Waals surface area contributed by atoms with Crippen LogP contribution in [0.15, 0.2) is 12.1 Å². The zero-order valence-electron chi connectivity index (χ0n) is 15.2. The van der Waals surface area contributed by atoms with Crippen LogP contribution < -0.4 is 15.8 Å². The van der Waals surface area contributed by atoms with Gasteiger partial charge in [-0.2, -0.15) is 0 Å². The summed E-state index contributed by atoms with van der Waals surface area (Å²) in [6.07, 6.45) is 0.921. The van der Waals surface area contributed by atoms with Crippen molar-refractivity contribution >= 4 is 5.69 Å². The second-order valence-corrected chi connectivity index (χ2v) is 5.60. The predicted octanol–water partition coefficient (Wildman–Crippen LogP) is 3.22. The Hall–Kier alpha value is -1.22. The first-order chi connectivity index (χ1) is 9.99. The maximum atomic E-state index is 8.23. The number of nitrogens with two attached hydrogens (primary N) is 1. The van der Waals surface area contributed by atoms with Crippen molar-refractivity contribution in [3.63, 3.8) is 0 Å². The van der Waals surface area contributed by atoms with E-state index in [0.29, 0.717) is 24.3 Å². The van der Waals surface area contributed by atoms with Gasteiger partial charge in [0.15, 0.2) is 0 Å². The van der Waals surface area contributed by atoms with Gasteiger partial charge in [-0.15, -0.1) is 0 Å². The highest BCUT2D eigenvalue weighted by Crippen LogP contribution is 2.35. The van der Waals surface area contributed by atoms with Crippen LogP contribution >= 0.6 is 0 Å². The number of rotatable bonds is 3. The molecule has 1 saturated heterocycles. The molecule has 19 heavy (non-hydrogen) atoms. The predicted molar refractivity (Wildman–Crippen MR) is 80.8 cm³/mol. The molecule has 3 heteroatoms. The standard InChI is InChI=1S/C16H26N2O/c1-10(2)19-16-9-14(11(3)7-15(16)17)13-5-6-18-12(4)8-13/h7,9-10,12-13,18H,5-6,8,17H2,1-4H3/i6D2,12D. The van der Waals surface area contributed by atoms with Gasteiger partial charge in [-0.3, -0.25) is 0 Å². The highest BCUT2D eigenvalue weighted by atomic mass is 16.5. The van der Waals surface area contributed by atoms with Crippen LogP contribution in [0.2, 0.25) is 0 Å². The lowest BCUT2D eigenvalue weighted by molar-refractivity contribution is 0.243. The molecule has 3 nitrogen and oxygen atoms in total. The Balaban J connectivity index is 2.38. The molecule has 0 saturated carbocycles. The summed E-state index contributed by atoms with van der Waals surface area (Å²) in [7, 11) is 0. The van der Waals surface area contributed by atoms with E-state index in [2.05, 4.69) is 5.32 Å². The van der Waals surface area contributed by atoms with Crippen molar-refractivity contribution in [3.8, 4) is 5.75 Å². The van der Waals surface area contributed by atoms with Gasteiger partial charge in [-0.25, -0.2) is 0 Å². The molecule has 1 aliphatic heterocycles. The summed E-state index contributed by atoms with van der Waals surface area (Å²) in [4.78, 5) is 0. The summed E-state index contributed by atoms with van der Waals surface area (Å²) in [5.41, 5.74) is 8.67. The van der Waals surface area contributed by atoms with E-state index < -0.39 is 12.5 Å². The first kappa shape index (κ1) is 10.6.